The molecule has 0 saturated heterocycles. The zero-order valence-electron chi connectivity index (χ0n) is 19.5. The van der Waals surface area contributed by atoms with Crippen molar-refractivity contribution in [2.45, 2.75) is 24.9 Å². The monoisotopic (exact) mass is 498 g/mol. The largest absolute Gasteiger partial charge is 0.468 e. The number of methoxy groups -OCH3 is 2. The second-order valence-corrected chi connectivity index (χ2v) is 8.49. The van der Waals surface area contributed by atoms with E-state index in [1.807, 2.05) is 12.1 Å². The van der Waals surface area contributed by atoms with Crippen molar-refractivity contribution < 1.29 is 37.0 Å². The lowest BCUT2D eigenvalue weighted by Crippen LogP contribution is -2.55. The number of alkyl halides is 3. The van der Waals surface area contributed by atoms with Crippen LogP contribution in [0.3, 0.4) is 0 Å². The summed E-state index contributed by atoms with van der Waals surface area (Å²) in [6.45, 7) is 1.77. The highest BCUT2D eigenvalue weighted by Gasteiger charge is 2.65. The fraction of sp³-hybridized carbons (Fsp3) is 0.346. The molecule has 4 unspecified atom stereocenters. The molecule has 1 aliphatic rings. The van der Waals surface area contributed by atoms with Crippen LogP contribution in [0.15, 0.2) is 48.5 Å². The first-order chi connectivity index (χ1) is 17.0. The van der Waals surface area contributed by atoms with Crippen molar-refractivity contribution in [2.75, 3.05) is 14.2 Å². The summed E-state index contributed by atoms with van der Waals surface area (Å²) in [7, 11) is 1.97. The molecule has 0 radical (unpaired) electrons. The highest BCUT2D eigenvalue weighted by Crippen LogP contribution is 2.58. The molecule has 10 heteroatoms. The van der Waals surface area contributed by atoms with Gasteiger partial charge in [-0.2, -0.15) is 23.7 Å². The van der Waals surface area contributed by atoms with Crippen LogP contribution in [-0.4, -0.2) is 31.9 Å². The quantitative estimate of drug-likeness (QED) is 0.461. The van der Waals surface area contributed by atoms with Crippen molar-refractivity contribution in [2.24, 2.45) is 17.3 Å². The molecule has 2 aromatic rings. The Morgan fingerprint density at radius 3 is 1.83 bits per heavy atom. The summed E-state index contributed by atoms with van der Waals surface area (Å²) in [4.78, 5) is 39.5. The van der Waals surface area contributed by atoms with Gasteiger partial charge in [-0.05, 0) is 24.1 Å². The summed E-state index contributed by atoms with van der Waals surface area (Å²) in [6.07, 6.45) is -4.78. The molecule has 0 bridgehead atoms. The Balaban J connectivity index is 2.43. The number of carbonyl (C=O) groups excluding carboxylic acids is 3. The molecule has 7 nitrogen and oxygen atoms in total. The lowest BCUT2D eigenvalue weighted by atomic mass is 9.50. The van der Waals surface area contributed by atoms with E-state index < -0.39 is 58.5 Å². The summed E-state index contributed by atoms with van der Waals surface area (Å²) >= 11 is 0. The average Bonchev–Trinajstić information content (AvgIpc) is 2.87. The van der Waals surface area contributed by atoms with Crippen LogP contribution in [0, 0.1) is 46.8 Å². The maximum Gasteiger partial charge on any atom is 0.416 e. The molecule has 36 heavy (non-hydrogen) atoms. The van der Waals surface area contributed by atoms with Gasteiger partial charge in [0.05, 0.1) is 31.9 Å². The van der Waals surface area contributed by atoms with Crippen LogP contribution in [0.25, 0.3) is 0 Å². The fourth-order valence-electron chi connectivity index (χ4n) is 4.90. The van der Waals surface area contributed by atoms with E-state index in [4.69, 9.17) is 9.47 Å². The third kappa shape index (κ3) is 4.31. The predicted molar refractivity (Wildman–Crippen MR) is 118 cm³/mol. The van der Waals surface area contributed by atoms with Gasteiger partial charge in [-0.1, -0.05) is 48.0 Å². The Bertz CT molecular complexity index is 1260. The van der Waals surface area contributed by atoms with Gasteiger partial charge in [-0.25, -0.2) is 0 Å². The standard InChI is InChI=1S/C26H21F3N2O5/c1-14-7-9-15(10-8-14)20-18(23(33)35-2)22(32)19(24(34)36-3)21(25(20,12-30)13-31)16-5-4-6-17(11-16)26(27,28)29/h4-11,18-21H,1-3H3. The summed E-state index contributed by atoms with van der Waals surface area (Å²) in [5.41, 5.74) is -2.62. The number of rotatable bonds is 4. The number of halogens is 3. The molecule has 0 spiro atoms. The third-order valence-corrected chi connectivity index (χ3v) is 6.55. The minimum Gasteiger partial charge on any atom is -0.468 e. The van der Waals surface area contributed by atoms with Crippen molar-refractivity contribution in [1.29, 1.82) is 10.5 Å². The first-order valence-corrected chi connectivity index (χ1v) is 10.7. The van der Waals surface area contributed by atoms with E-state index in [9.17, 15) is 38.1 Å². The number of ketones is 1. The number of hydrogen-bond donors (Lipinski definition) is 0. The normalized spacial score (nSPS) is 23.2. The van der Waals surface area contributed by atoms with Crippen molar-refractivity contribution in [3.8, 4) is 12.1 Å². The summed E-state index contributed by atoms with van der Waals surface area (Å²) in [5.74, 6) is -10.1. The van der Waals surface area contributed by atoms with Crippen LogP contribution in [0.4, 0.5) is 13.2 Å². The highest BCUT2D eigenvalue weighted by atomic mass is 19.4. The van der Waals surface area contributed by atoms with E-state index in [0.717, 1.165) is 31.9 Å². The van der Waals surface area contributed by atoms with Gasteiger partial charge in [-0.3, -0.25) is 14.4 Å². The molecule has 2 aromatic carbocycles. The lowest BCUT2D eigenvalue weighted by Gasteiger charge is -2.46. The SMILES string of the molecule is COC(=O)C1C(=O)C(C(=O)OC)C(c2cccc(C(F)(F)F)c2)C(C#N)(C#N)C1c1ccc(C)cc1. The molecule has 0 amide bonds. The molecular weight excluding hydrogens is 477 g/mol. The van der Waals surface area contributed by atoms with E-state index in [1.165, 1.54) is 18.2 Å². The first kappa shape index (κ1) is 26.4. The van der Waals surface area contributed by atoms with E-state index in [0.29, 0.717) is 6.07 Å². The minimum absolute atomic E-state index is 0.239. The summed E-state index contributed by atoms with van der Waals surface area (Å²) in [6, 6.07) is 13.8. The number of benzene rings is 2. The van der Waals surface area contributed by atoms with Gasteiger partial charge in [0.15, 0.2) is 11.2 Å². The van der Waals surface area contributed by atoms with Gasteiger partial charge in [0, 0.05) is 11.8 Å². The number of ether oxygens (including phenoxy) is 2. The third-order valence-electron chi connectivity index (χ3n) is 6.55. The van der Waals surface area contributed by atoms with Crippen LogP contribution in [0.2, 0.25) is 0 Å². The highest BCUT2D eigenvalue weighted by molar-refractivity contribution is 6.11. The first-order valence-electron chi connectivity index (χ1n) is 10.7. The smallest absolute Gasteiger partial charge is 0.416 e. The molecule has 0 aromatic heterocycles. The number of carbonyl (C=O) groups is 3. The van der Waals surface area contributed by atoms with E-state index in [-0.39, 0.29) is 11.1 Å². The predicted octanol–water partition coefficient (Wildman–Crippen LogP) is 4.08. The minimum atomic E-state index is -4.78. The van der Waals surface area contributed by atoms with Crippen molar-refractivity contribution in [3.63, 3.8) is 0 Å². The van der Waals surface area contributed by atoms with Crippen molar-refractivity contribution in [1.82, 2.24) is 0 Å². The molecule has 4 atom stereocenters. The lowest BCUT2D eigenvalue weighted by molar-refractivity contribution is -0.162. The van der Waals surface area contributed by atoms with Gasteiger partial charge < -0.3 is 9.47 Å². The summed E-state index contributed by atoms with van der Waals surface area (Å²) in [5, 5.41) is 20.8. The molecule has 186 valence electrons. The van der Waals surface area contributed by atoms with E-state index >= 15 is 0 Å². The maximum atomic E-state index is 13.7. The van der Waals surface area contributed by atoms with E-state index in [1.54, 1.807) is 19.1 Å². The van der Waals surface area contributed by atoms with E-state index in [2.05, 4.69) is 0 Å². The number of Topliss-reactive ketones (excluding diaryl/α,β-unsaturated/α-hetero) is 1. The number of nitriles is 2. The number of nitrogens with zero attached hydrogens (tertiary/aromatic N) is 2. The van der Waals surface area contributed by atoms with Crippen molar-refractivity contribution >= 4 is 17.7 Å². The van der Waals surface area contributed by atoms with Crippen LogP contribution >= 0.6 is 0 Å². The topological polar surface area (TPSA) is 117 Å². The number of esters is 2. The number of aryl methyl sites for hydroxylation is 1. The Morgan fingerprint density at radius 2 is 1.39 bits per heavy atom. The molecule has 0 aliphatic heterocycles. The van der Waals surface area contributed by atoms with Gasteiger partial charge in [-0.15, -0.1) is 0 Å². The van der Waals surface area contributed by atoms with Crippen LogP contribution in [0.1, 0.15) is 34.1 Å². The van der Waals surface area contributed by atoms with Crippen LogP contribution < -0.4 is 0 Å². The Labute approximate surface area is 205 Å². The van der Waals surface area contributed by atoms with Crippen molar-refractivity contribution in [3.05, 3.63) is 70.8 Å². The summed E-state index contributed by atoms with van der Waals surface area (Å²) < 4.78 is 50.2. The maximum absolute atomic E-state index is 13.7. The second-order valence-electron chi connectivity index (χ2n) is 8.49. The van der Waals surface area contributed by atoms with Crippen LogP contribution in [0.5, 0.6) is 0 Å². The molecule has 0 N–H and O–H groups in total. The van der Waals surface area contributed by atoms with Crippen LogP contribution in [-0.2, 0) is 30.0 Å². The van der Waals surface area contributed by atoms with Gasteiger partial charge >= 0.3 is 18.1 Å². The van der Waals surface area contributed by atoms with Gasteiger partial charge in [0.2, 0.25) is 0 Å². The molecule has 1 fully saturated rings. The molecule has 1 aliphatic carbocycles. The molecule has 3 rings (SSSR count). The fourth-order valence-corrected chi connectivity index (χ4v) is 4.90. The Morgan fingerprint density at radius 1 is 0.889 bits per heavy atom. The molecule has 0 heterocycles. The Kier molecular flexibility index (Phi) is 7.21. The molecule has 1 saturated carbocycles. The van der Waals surface area contributed by atoms with Gasteiger partial charge in [0.25, 0.3) is 0 Å². The number of hydrogen-bond acceptors (Lipinski definition) is 7. The second kappa shape index (κ2) is 9.82. The zero-order chi connectivity index (χ0) is 26.8. The Hall–Kier alpha value is -4.18. The molecular formula is C26H21F3N2O5. The zero-order valence-corrected chi connectivity index (χ0v) is 19.5. The average molecular weight is 498 g/mol. The van der Waals surface area contributed by atoms with Gasteiger partial charge in [0.1, 0.15) is 11.8 Å².